The average molecular weight is 853 g/mol. The van der Waals surface area contributed by atoms with E-state index in [-0.39, 0.29) is 44.6 Å². The molecule has 324 valence electrons. The first kappa shape index (κ1) is 49.3. The van der Waals surface area contributed by atoms with Crippen LogP contribution in [0.5, 0.6) is 0 Å². The first-order chi connectivity index (χ1) is 26.7. The van der Waals surface area contributed by atoms with Gasteiger partial charge in [-0.15, -0.1) is 0 Å². The summed E-state index contributed by atoms with van der Waals surface area (Å²) in [5.74, 6) is -7.14. The molecule has 57 heavy (non-hydrogen) atoms. The highest BCUT2D eigenvalue weighted by atomic mass is 32.2. The zero-order chi connectivity index (χ0) is 43.0. The number of primary amides is 1. The molecule has 0 spiro atoms. The van der Waals surface area contributed by atoms with Crippen molar-refractivity contribution in [2.45, 2.75) is 121 Å². The Kier molecular flexibility index (Phi) is 20.3. The lowest BCUT2D eigenvalue weighted by Crippen LogP contribution is -2.62. The van der Waals surface area contributed by atoms with Crippen molar-refractivity contribution in [1.82, 2.24) is 36.8 Å². The van der Waals surface area contributed by atoms with Crippen molar-refractivity contribution < 1.29 is 67.4 Å². The summed E-state index contributed by atoms with van der Waals surface area (Å²) >= 11 is 1.41. The van der Waals surface area contributed by atoms with Crippen LogP contribution in [-0.2, 0) is 47.4 Å². The SMILES string of the molecule is CSCC[C@H](NC(=O)[C@@H]1CCCN1)C(=O)N[C@@H](CCC(N)=O)C(=O)N[C@@H](CO)C(=O)N[C@H](C(=O)N1CCC[C@H]1C(=O)N[C@@H](CC(C)C)C(=O)O)[C@@H](C)OP(=O)(O)O. The molecule has 0 aliphatic carbocycles. The number of aliphatic carboxylic acids is 1. The van der Waals surface area contributed by atoms with Gasteiger partial charge in [0.05, 0.1) is 18.8 Å². The van der Waals surface area contributed by atoms with Crippen LogP contribution < -0.4 is 37.6 Å². The van der Waals surface area contributed by atoms with Crippen LogP contribution in [0, 0.1) is 5.92 Å². The summed E-state index contributed by atoms with van der Waals surface area (Å²) in [7, 11) is -5.29. The summed E-state index contributed by atoms with van der Waals surface area (Å²) in [6, 6.07) is -9.39. The van der Waals surface area contributed by atoms with Crippen LogP contribution in [0.25, 0.3) is 0 Å². The third kappa shape index (κ3) is 16.5. The fourth-order valence-corrected chi connectivity index (χ4v) is 7.36. The molecule has 2 aliphatic heterocycles. The van der Waals surface area contributed by atoms with Crippen LogP contribution in [-0.4, -0.2) is 152 Å². The number of hydrogen-bond acceptors (Lipinski definition) is 13. The minimum atomic E-state index is -5.29. The molecule has 0 radical (unpaired) electrons. The van der Waals surface area contributed by atoms with E-state index < -0.39 is 117 Å². The molecule has 0 bridgehead atoms. The first-order valence-electron chi connectivity index (χ1n) is 18.6. The van der Waals surface area contributed by atoms with Crippen LogP contribution in [0.3, 0.4) is 0 Å². The molecule has 0 aromatic heterocycles. The highest BCUT2D eigenvalue weighted by Gasteiger charge is 2.43. The lowest BCUT2D eigenvalue weighted by molar-refractivity contribution is -0.146. The topological polar surface area (TPSA) is 345 Å². The largest absolute Gasteiger partial charge is 0.480 e. The Labute approximate surface area is 334 Å². The number of thioether (sulfide) groups is 1. The van der Waals surface area contributed by atoms with Crippen molar-refractivity contribution in [3.63, 3.8) is 0 Å². The Morgan fingerprint density at radius 3 is 1.98 bits per heavy atom. The van der Waals surface area contributed by atoms with Crippen molar-refractivity contribution in [2.24, 2.45) is 11.7 Å². The number of aliphatic hydroxyl groups is 1. The summed E-state index contributed by atoms with van der Waals surface area (Å²) in [6.07, 6.45) is 1.24. The maximum atomic E-state index is 13.9. The molecule has 0 aromatic rings. The quantitative estimate of drug-likeness (QED) is 0.0426. The Bertz CT molecular complexity index is 1500. The number of phosphoric acid groups is 1. The van der Waals surface area contributed by atoms with Crippen LogP contribution in [0.1, 0.15) is 72.1 Å². The second-order valence-electron chi connectivity index (χ2n) is 14.3. The summed E-state index contributed by atoms with van der Waals surface area (Å²) in [5, 5.41) is 34.8. The van der Waals surface area contributed by atoms with Crippen LogP contribution in [0.15, 0.2) is 0 Å². The van der Waals surface area contributed by atoms with E-state index in [0.29, 0.717) is 18.7 Å². The Hall–Kier alpha value is -3.86. The second kappa shape index (κ2) is 23.5. The number of aliphatic hydroxyl groups excluding tert-OH is 1. The number of likely N-dealkylation sites (tertiary alicyclic amines) is 1. The van der Waals surface area contributed by atoms with Crippen LogP contribution in [0.4, 0.5) is 0 Å². The van der Waals surface area contributed by atoms with Crippen molar-refractivity contribution >= 4 is 66.9 Å². The number of rotatable bonds is 24. The van der Waals surface area contributed by atoms with Crippen molar-refractivity contribution in [3.05, 3.63) is 0 Å². The highest BCUT2D eigenvalue weighted by molar-refractivity contribution is 7.98. The number of carboxylic acids is 1. The van der Waals surface area contributed by atoms with E-state index in [9.17, 15) is 62.9 Å². The van der Waals surface area contributed by atoms with Gasteiger partial charge in [0, 0.05) is 13.0 Å². The van der Waals surface area contributed by atoms with E-state index in [1.807, 2.05) is 0 Å². The van der Waals surface area contributed by atoms with Crippen molar-refractivity contribution in [1.29, 1.82) is 0 Å². The fraction of sp³-hybridized carbons (Fsp3) is 0.758. The smallest absolute Gasteiger partial charge is 0.469 e. The molecule has 2 rings (SSSR count). The Morgan fingerprint density at radius 2 is 1.46 bits per heavy atom. The number of nitrogens with zero attached hydrogens (tertiary/aromatic N) is 1. The minimum absolute atomic E-state index is 0.0647. The zero-order valence-electron chi connectivity index (χ0n) is 32.4. The summed E-state index contributed by atoms with van der Waals surface area (Å²) in [5.41, 5.74) is 5.29. The van der Waals surface area contributed by atoms with Crippen molar-refractivity contribution in [2.75, 3.05) is 31.7 Å². The molecule has 22 nitrogen and oxygen atoms in total. The van der Waals surface area contributed by atoms with E-state index in [0.717, 1.165) is 18.2 Å². The number of phosphoric ester groups is 1. The first-order valence-corrected chi connectivity index (χ1v) is 21.5. The van der Waals surface area contributed by atoms with Gasteiger partial charge in [-0.1, -0.05) is 13.8 Å². The molecular formula is C33H57N8O14PS. The molecule has 0 unspecified atom stereocenters. The van der Waals surface area contributed by atoms with Gasteiger partial charge in [0.1, 0.15) is 36.3 Å². The van der Waals surface area contributed by atoms with Gasteiger partial charge < -0.3 is 62.5 Å². The molecule has 2 saturated heterocycles. The maximum Gasteiger partial charge on any atom is 0.469 e. The lowest BCUT2D eigenvalue weighted by Gasteiger charge is -2.32. The van der Waals surface area contributed by atoms with E-state index in [4.69, 9.17) is 10.3 Å². The number of nitrogens with one attached hydrogen (secondary N) is 6. The summed E-state index contributed by atoms with van der Waals surface area (Å²) in [6.45, 7) is 4.03. The molecule has 2 aliphatic rings. The molecular weight excluding hydrogens is 795 g/mol. The minimum Gasteiger partial charge on any atom is -0.480 e. The van der Waals surface area contributed by atoms with Gasteiger partial charge in [0.15, 0.2) is 0 Å². The number of carbonyl (C=O) groups is 8. The molecule has 7 amide bonds. The number of amides is 7. The van der Waals surface area contributed by atoms with Gasteiger partial charge >= 0.3 is 13.8 Å². The highest BCUT2D eigenvalue weighted by Crippen LogP contribution is 2.38. The predicted molar refractivity (Wildman–Crippen MR) is 204 cm³/mol. The number of carboxylic acid groups (broad SMARTS) is 1. The zero-order valence-corrected chi connectivity index (χ0v) is 34.1. The van der Waals surface area contributed by atoms with E-state index in [1.54, 1.807) is 20.1 Å². The molecule has 12 N–H and O–H groups in total. The Balaban J connectivity index is 2.31. The molecule has 24 heteroatoms. The van der Waals surface area contributed by atoms with Gasteiger partial charge in [-0.3, -0.25) is 38.1 Å². The second-order valence-corrected chi connectivity index (χ2v) is 16.5. The number of carbonyl (C=O) groups excluding carboxylic acids is 7. The monoisotopic (exact) mass is 852 g/mol. The van der Waals surface area contributed by atoms with Gasteiger partial charge in [-0.05, 0) is 76.3 Å². The molecule has 8 atom stereocenters. The lowest BCUT2D eigenvalue weighted by atomic mass is 10.0. The van der Waals surface area contributed by atoms with E-state index in [1.165, 1.54) is 11.8 Å². The third-order valence-electron chi connectivity index (χ3n) is 9.25. The maximum absolute atomic E-state index is 13.9. The summed E-state index contributed by atoms with van der Waals surface area (Å²) in [4.78, 5) is 124. The number of hydrogen-bond donors (Lipinski definition) is 11. The average Bonchev–Trinajstić information content (AvgIpc) is 3.84. The third-order valence-corrected chi connectivity index (χ3v) is 10.5. The summed E-state index contributed by atoms with van der Waals surface area (Å²) < 4.78 is 16.5. The fourth-order valence-electron chi connectivity index (χ4n) is 6.33. The van der Waals surface area contributed by atoms with Gasteiger partial charge in [-0.25, -0.2) is 9.36 Å². The van der Waals surface area contributed by atoms with Crippen molar-refractivity contribution in [3.8, 4) is 0 Å². The Morgan fingerprint density at radius 1 is 0.860 bits per heavy atom. The van der Waals surface area contributed by atoms with Gasteiger partial charge in [0.2, 0.25) is 41.4 Å². The van der Waals surface area contributed by atoms with Crippen LogP contribution in [0.2, 0.25) is 0 Å². The van der Waals surface area contributed by atoms with Gasteiger partial charge in [-0.2, -0.15) is 11.8 Å². The standard InChI is InChI=1S/C33H57N8O14PS/c1-17(2)15-22(33(50)51)38-31(48)24-8-6-13-41(24)32(49)26(18(3)55-56(52,53)54)40-30(47)23(16-42)39-28(45)20(9-10-25(34)43)36-29(46)21(11-14-57-4)37-27(44)19-7-5-12-35-19/h17-24,26,35,42H,5-16H2,1-4H3,(H2,34,43)(H,36,46)(H,37,44)(H,38,48)(H,39,45)(H,40,47)(H,50,51)(H2,52,53,54)/t18-,19+,20+,21+,22+,23+,24+,26+/m1/s1. The molecule has 0 saturated carbocycles. The molecule has 2 fully saturated rings. The van der Waals surface area contributed by atoms with E-state index in [2.05, 4.69) is 31.9 Å². The van der Waals surface area contributed by atoms with Crippen LogP contribution >= 0.6 is 19.6 Å². The number of nitrogens with two attached hydrogens (primary N) is 1. The van der Waals surface area contributed by atoms with E-state index >= 15 is 0 Å². The molecule has 0 aromatic carbocycles. The normalized spacial score (nSPS) is 20.0. The van der Waals surface area contributed by atoms with Gasteiger partial charge in [0.25, 0.3) is 0 Å². The molecule has 2 heterocycles. The predicted octanol–water partition coefficient (Wildman–Crippen LogP) is -3.21.